The average Bonchev–Trinajstić information content (AvgIpc) is 2.79. The highest BCUT2D eigenvalue weighted by Gasteiger charge is 2.33. The highest BCUT2D eigenvalue weighted by Crippen LogP contribution is 2.31. The van der Waals surface area contributed by atoms with Gasteiger partial charge in [-0.25, -0.2) is 4.79 Å². The van der Waals surface area contributed by atoms with Crippen molar-refractivity contribution in [1.29, 1.82) is 0 Å². The minimum Gasteiger partial charge on any atom is -0.462 e. The molecule has 0 bridgehead atoms. The summed E-state index contributed by atoms with van der Waals surface area (Å²) in [7, 11) is 0. The molecule has 2 heterocycles. The monoisotopic (exact) mass is 460 g/mol. The molecule has 2 aromatic rings. The molecule has 4 rings (SSSR count). The molecule has 31 heavy (non-hydrogen) atoms. The van der Waals surface area contributed by atoms with Crippen LogP contribution in [0.25, 0.3) is 0 Å². The van der Waals surface area contributed by atoms with E-state index in [1.807, 2.05) is 0 Å². The van der Waals surface area contributed by atoms with E-state index in [0.717, 1.165) is 6.42 Å². The summed E-state index contributed by atoms with van der Waals surface area (Å²) in [6, 6.07) is 12.0. The van der Waals surface area contributed by atoms with Gasteiger partial charge in [0.05, 0.1) is 22.2 Å². The Hall–Kier alpha value is -2.08. The van der Waals surface area contributed by atoms with Crippen molar-refractivity contribution in [2.45, 2.75) is 38.1 Å². The van der Waals surface area contributed by atoms with Gasteiger partial charge in [-0.1, -0.05) is 29.6 Å². The number of carbonyl (C=O) groups excluding carboxylic acids is 2. The molecule has 1 N–H and O–H groups in total. The van der Waals surface area contributed by atoms with Gasteiger partial charge in [-0.2, -0.15) is 0 Å². The van der Waals surface area contributed by atoms with E-state index in [9.17, 15) is 9.59 Å². The molecule has 0 aromatic heterocycles. The summed E-state index contributed by atoms with van der Waals surface area (Å²) < 4.78 is 5.65. The normalized spacial score (nSPS) is 21.2. The molecule has 0 radical (unpaired) electrons. The van der Waals surface area contributed by atoms with Gasteiger partial charge in [-0.05, 0) is 81.2 Å². The number of halogens is 2. The van der Waals surface area contributed by atoms with Crippen LogP contribution in [0.5, 0.6) is 0 Å². The van der Waals surface area contributed by atoms with Crippen LogP contribution in [-0.4, -0.2) is 42.5 Å². The Morgan fingerprint density at radius 1 is 0.935 bits per heavy atom. The van der Waals surface area contributed by atoms with Crippen molar-refractivity contribution in [2.24, 2.45) is 5.92 Å². The minimum absolute atomic E-state index is 0.303. The number of hydrogen-bond donors (Lipinski definition) is 1. The van der Waals surface area contributed by atoms with Crippen molar-refractivity contribution >= 4 is 40.8 Å². The van der Waals surface area contributed by atoms with Crippen molar-refractivity contribution in [2.75, 3.05) is 25.0 Å². The molecule has 0 spiro atoms. The molecule has 5 nitrogen and oxygen atoms in total. The molecule has 2 aliphatic heterocycles. The predicted molar refractivity (Wildman–Crippen MR) is 123 cm³/mol. The van der Waals surface area contributed by atoms with Gasteiger partial charge in [-0.15, -0.1) is 0 Å². The van der Waals surface area contributed by atoms with Crippen LogP contribution >= 0.6 is 23.2 Å². The second kappa shape index (κ2) is 10.0. The molecular weight excluding hydrogens is 435 g/mol. The van der Waals surface area contributed by atoms with Crippen molar-refractivity contribution in [3.63, 3.8) is 0 Å². The Morgan fingerprint density at radius 3 is 2.45 bits per heavy atom. The van der Waals surface area contributed by atoms with Crippen LogP contribution in [-0.2, 0) is 4.74 Å². The number of esters is 1. The molecule has 1 amide bonds. The number of hydrogen-bond acceptors (Lipinski definition) is 4. The van der Waals surface area contributed by atoms with E-state index >= 15 is 0 Å². The number of ether oxygens (including phenoxy) is 1. The van der Waals surface area contributed by atoms with Gasteiger partial charge in [0, 0.05) is 23.2 Å². The Bertz CT molecular complexity index is 946. The summed E-state index contributed by atoms with van der Waals surface area (Å²) in [5.74, 6) is -0.207. The number of benzene rings is 2. The van der Waals surface area contributed by atoms with Crippen LogP contribution in [0.1, 0.15) is 52.8 Å². The Labute approximate surface area is 192 Å². The first-order chi connectivity index (χ1) is 15.0. The van der Waals surface area contributed by atoms with Gasteiger partial charge in [-0.3, -0.25) is 9.69 Å². The maximum absolute atomic E-state index is 12.5. The second-order valence-electron chi connectivity index (χ2n) is 8.26. The average molecular weight is 461 g/mol. The Morgan fingerprint density at radius 2 is 1.68 bits per heavy atom. The lowest BCUT2D eigenvalue weighted by molar-refractivity contribution is 0.00739. The van der Waals surface area contributed by atoms with E-state index in [4.69, 9.17) is 27.9 Å². The lowest BCUT2D eigenvalue weighted by Gasteiger charge is -2.44. The SMILES string of the molecule is O=C(Nc1ccc(C(=O)OC[C@@H]2CCCN3CCCC[C@@H]23)cc1)c1ccc(Cl)c(Cl)c1. The largest absolute Gasteiger partial charge is 0.462 e. The zero-order chi connectivity index (χ0) is 21.8. The minimum atomic E-state index is -0.324. The van der Waals surface area contributed by atoms with Crippen molar-refractivity contribution in [1.82, 2.24) is 4.90 Å². The van der Waals surface area contributed by atoms with E-state index in [-0.39, 0.29) is 11.9 Å². The standard InChI is InChI=1S/C24H26Cl2N2O3/c25-20-11-8-17(14-21(20)26)23(29)27-19-9-6-16(7-10-19)24(30)31-15-18-4-3-13-28-12-2-1-5-22(18)28/h6-11,14,18,22H,1-5,12-13,15H2,(H,27,29)/t18-,22-/m0/s1. The molecule has 2 atom stereocenters. The zero-order valence-corrected chi connectivity index (χ0v) is 18.8. The molecule has 0 aliphatic carbocycles. The summed E-state index contributed by atoms with van der Waals surface area (Å²) in [4.78, 5) is 27.5. The van der Waals surface area contributed by atoms with Crippen molar-refractivity contribution in [3.8, 4) is 0 Å². The number of amides is 1. The van der Waals surface area contributed by atoms with Crippen LogP contribution in [0.3, 0.4) is 0 Å². The maximum atomic E-state index is 12.5. The first-order valence-electron chi connectivity index (χ1n) is 10.8. The maximum Gasteiger partial charge on any atom is 0.338 e. The van der Waals surface area contributed by atoms with Gasteiger partial charge in [0.15, 0.2) is 0 Å². The van der Waals surface area contributed by atoms with Crippen molar-refractivity contribution in [3.05, 3.63) is 63.6 Å². The molecule has 0 saturated carbocycles. The van der Waals surface area contributed by atoms with Gasteiger partial charge in [0.1, 0.15) is 0 Å². The number of nitrogens with one attached hydrogen (secondary N) is 1. The van der Waals surface area contributed by atoms with Crippen LogP contribution in [0, 0.1) is 5.92 Å². The fraction of sp³-hybridized carbons (Fsp3) is 0.417. The summed E-state index contributed by atoms with van der Waals surface area (Å²) in [6.45, 7) is 2.81. The quantitative estimate of drug-likeness (QED) is 0.584. The first kappa shape index (κ1) is 22.1. The van der Waals surface area contributed by atoms with Crippen LogP contribution in [0.2, 0.25) is 10.0 Å². The van der Waals surface area contributed by atoms with Crippen LogP contribution in [0.15, 0.2) is 42.5 Å². The highest BCUT2D eigenvalue weighted by atomic mass is 35.5. The lowest BCUT2D eigenvalue weighted by atomic mass is 9.84. The van der Waals surface area contributed by atoms with Gasteiger partial charge >= 0.3 is 5.97 Å². The van der Waals surface area contributed by atoms with Crippen molar-refractivity contribution < 1.29 is 14.3 Å². The van der Waals surface area contributed by atoms with Gasteiger partial charge in [0.2, 0.25) is 0 Å². The molecule has 7 heteroatoms. The third-order valence-electron chi connectivity index (χ3n) is 6.22. The number of nitrogens with zero attached hydrogens (tertiary/aromatic N) is 1. The number of fused-ring (bicyclic) bond motifs is 1. The number of piperidine rings is 2. The van der Waals surface area contributed by atoms with E-state index in [0.29, 0.717) is 45.4 Å². The van der Waals surface area contributed by atoms with Gasteiger partial charge < -0.3 is 10.1 Å². The summed E-state index contributed by atoms with van der Waals surface area (Å²) in [5.41, 5.74) is 1.46. The smallest absolute Gasteiger partial charge is 0.338 e. The highest BCUT2D eigenvalue weighted by molar-refractivity contribution is 6.42. The fourth-order valence-corrected chi connectivity index (χ4v) is 4.87. The topological polar surface area (TPSA) is 58.6 Å². The first-order valence-corrected chi connectivity index (χ1v) is 11.5. The second-order valence-corrected chi connectivity index (χ2v) is 9.07. The van der Waals surface area contributed by atoms with E-state index in [2.05, 4.69) is 10.2 Å². The Kier molecular flexibility index (Phi) is 7.16. The summed E-state index contributed by atoms with van der Waals surface area (Å²) in [5, 5.41) is 3.50. The summed E-state index contributed by atoms with van der Waals surface area (Å²) in [6.07, 6.45) is 6.04. The third kappa shape index (κ3) is 5.40. The van der Waals surface area contributed by atoms with Crippen LogP contribution in [0.4, 0.5) is 5.69 Å². The zero-order valence-electron chi connectivity index (χ0n) is 17.3. The Balaban J connectivity index is 1.31. The molecule has 2 fully saturated rings. The summed E-state index contributed by atoms with van der Waals surface area (Å²) >= 11 is 11.9. The molecule has 2 aromatic carbocycles. The fourth-order valence-electron chi connectivity index (χ4n) is 4.57. The molecule has 0 unspecified atom stereocenters. The molecular formula is C24H26Cl2N2O3. The molecule has 164 valence electrons. The van der Waals surface area contributed by atoms with Gasteiger partial charge in [0.25, 0.3) is 5.91 Å². The van der Waals surface area contributed by atoms with Crippen LogP contribution < -0.4 is 5.32 Å². The lowest BCUT2D eigenvalue weighted by Crippen LogP contribution is -2.49. The van der Waals surface area contributed by atoms with E-state index in [1.54, 1.807) is 36.4 Å². The predicted octanol–water partition coefficient (Wildman–Crippen LogP) is 5.67. The molecule has 2 aliphatic rings. The van der Waals surface area contributed by atoms with E-state index < -0.39 is 0 Å². The number of anilines is 1. The third-order valence-corrected chi connectivity index (χ3v) is 6.96. The number of carbonyl (C=O) groups is 2. The number of rotatable bonds is 5. The van der Waals surface area contributed by atoms with E-state index in [1.165, 1.54) is 44.8 Å². The molecule has 2 saturated heterocycles.